The molecule has 0 spiro atoms. The van der Waals surface area contributed by atoms with Gasteiger partial charge in [-0.3, -0.25) is 14.5 Å². The van der Waals surface area contributed by atoms with Gasteiger partial charge in [0.25, 0.3) is 0 Å². The van der Waals surface area contributed by atoms with Crippen molar-refractivity contribution in [1.82, 2.24) is 24.6 Å². The number of fused-ring (bicyclic) bond motifs is 1. The number of hydrogen-bond donors (Lipinski definition) is 0. The van der Waals surface area contributed by atoms with Crippen molar-refractivity contribution in [2.75, 3.05) is 7.05 Å². The second-order valence-electron chi connectivity index (χ2n) is 5.67. The maximum absolute atomic E-state index is 12.5. The summed E-state index contributed by atoms with van der Waals surface area (Å²) in [5.41, 5.74) is 2.48. The Labute approximate surface area is 134 Å². The molecule has 3 rings (SSSR count). The summed E-state index contributed by atoms with van der Waals surface area (Å²) in [6, 6.07) is 9.57. The summed E-state index contributed by atoms with van der Waals surface area (Å²) in [7, 11) is 1.79. The SMILES string of the molecule is CC(Cn1cccn1)C(=O)N(C)Cc1cnc2ccccc2n1. The van der Waals surface area contributed by atoms with Gasteiger partial charge in [0.1, 0.15) is 0 Å². The molecule has 1 unspecified atom stereocenters. The highest BCUT2D eigenvalue weighted by Gasteiger charge is 2.18. The molecule has 1 aromatic carbocycles. The van der Waals surface area contributed by atoms with Crippen LogP contribution in [0.25, 0.3) is 11.0 Å². The smallest absolute Gasteiger partial charge is 0.227 e. The van der Waals surface area contributed by atoms with E-state index in [0.29, 0.717) is 13.1 Å². The van der Waals surface area contributed by atoms with Crippen LogP contribution in [0.5, 0.6) is 0 Å². The molecule has 1 amide bonds. The normalized spacial score (nSPS) is 12.3. The van der Waals surface area contributed by atoms with E-state index in [0.717, 1.165) is 16.7 Å². The zero-order valence-electron chi connectivity index (χ0n) is 13.3. The monoisotopic (exact) mass is 309 g/mol. The predicted molar refractivity (Wildman–Crippen MR) is 87.4 cm³/mol. The van der Waals surface area contributed by atoms with E-state index in [-0.39, 0.29) is 11.8 Å². The molecular weight excluding hydrogens is 290 g/mol. The zero-order valence-corrected chi connectivity index (χ0v) is 13.3. The molecule has 0 aliphatic rings. The van der Waals surface area contributed by atoms with Gasteiger partial charge in [0, 0.05) is 19.4 Å². The highest BCUT2D eigenvalue weighted by Crippen LogP contribution is 2.11. The molecule has 0 saturated heterocycles. The third-order valence-electron chi connectivity index (χ3n) is 3.72. The standard InChI is InChI=1S/C17H19N5O/c1-13(11-22-9-5-8-19-22)17(23)21(2)12-14-10-18-15-6-3-4-7-16(15)20-14/h3-10,13H,11-12H2,1-2H3. The van der Waals surface area contributed by atoms with Crippen LogP contribution in [-0.4, -0.2) is 37.6 Å². The topological polar surface area (TPSA) is 63.9 Å². The molecule has 23 heavy (non-hydrogen) atoms. The molecule has 2 heterocycles. The maximum Gasteiger partial charge on any atom is 0.227 e. The Morgan fingerprint density at radius 1 is 1.26 bits per heavy atom. The number of carbonyl (C=O) groups excluding carboxylic acids is 1. The van der Waals surface area contributed by atoms with Crippen molar-refractivity contribution < 1.29 is 4.79 Å². The minimum atomic E-state index is -0.145. The predicted octanol–water partition coefficient (Wildman–Crippen LogP) is 2.12. The largest absolute Gasteiger partial charge is 0.340 e. The summed E-state index contributed by atoms with van der Waals surface area (Å²) in [5, 5.41) is 4.14. The first-order valence-corrected chi connectivity index (χ1v) is 7.56. The molecule has 6 nitrogen and oxygen atoms in total. The van der Waals surface area contributed by atoms with E-state index in [4.69, 9.17) is 0 Å². The number of rotatable bonds is 5. The molecular formula is C17H19N5O. The average molecular weight is 309 g/mol. The molecule has 0 radical (unpaired) electrons. The lowest BCUT2D eigenvalue weighted by Gasteiger charge is -2.21. The molecule has 0 aliphatic carbocycles. The Morgan fingerprint density at radius 3 is 2.78 bits per heavy atom. The van der Waals surface area contributed by atoms with Gasteiger partial charge in [0.2, 0.25) is 5.91 Å². The average Bonchev–Trinajstić information content (AvgIpc) is 3.07. The van der Waals surface area contributed by atoms with E-state index in [1.165, 1.54) is 0 Å². The van der Waals surface area contributed by atoms with Crippen LogP contribution in [0.3, 0.4) is 0 Å². The van der Waals surface area contributed by atoms with E-state index in [1.54, 1.807) is 29.0 Å². The Balaban J connectivity index is 1.66. The molecule has 0 bridgehead atoms. The van der Waals surface area contributed by atoms with Gasteiger partial charge in [-0.05, 0) is 18.2 Å². The van der Waals surface area contributed by atoms with Crippen molar-refractivity contribution in [3.8, 4) is 0 Å². The van der Waals surface area contributed by atoms with E-state index >= 15 is 0 Å². The van der Waals surface area contributed by atoms with Crippen LogP contribution in [0.15, 0.2) is 48.9 Å². The van der Waals surface area contributed by atoms with Crippen molar-refractivity contribution >= 4 is 16.9 Å². The van der Waals surface area contributed by atoms with E-state index < -0.39 is 0 Å². The van der Waals surface area contributed by atoms with Crippen LogP contribution in [0.4, 0.5) is 0 Å². The van der Waals surface area contributed by atoms with Crippen molar-refractivity contribution in [3.63, 3.8) is 0 Å². The number of carbonyl (C=O) groups is 1. The number of amides is 1. The van der Waals surface area contributed by atoms with Crippen molar-refractivity contribution in [1.29, 1.82) is 0 Å². The number of aromatic nitrogens is 4. The number of hydrogen-bond acceptors (Lipinski definition) is 4. The van der Waals surface area contributed by atoms with Crippen LogP contribution in [0, 0.1) is 5.92 Å². The molecule has 0 saturated carbocycles. The summed E-state index contributed by atoms with van der Waals surface area (Å²) < 4.78 is 1.77. The third-order valence-corrected chi connectivity index (χ3v) is 3.72. The number of nitrogens with zero attached hydrogens (tertiary/aromatic N) is 5. The van der Waals surface area contributed by atoms with E-state index in [1.807, 2.05) is 43.5 Å². The zero-order chi connectivity index (χ0) is 16.2. The maximum atomic E-state index is 12.5. The minimum absolute atomic E-state index is 0.0652. The molecule has 118 valence electrons. The molecule has 3 aromatic rings. The summed E-state index contributed by atoms with van der Waals surface area (Å²) in [6.45, 7) is 2.92. The first kappa shape index (κ1) is 15.1. The fourth-order valence-corrected chi connectivity index (χ4v) is 2.54. The van der Waals surface area contributed by atoms with Crippen molar-refractivity contribution in [3.05, 3.63) is 54.6 Å². The quantitative estimate of drug-likeness (QED) is 0.724. The van der Waals surface area contributed by atoms with Crippen LogP contribution >= 0.6 is 0 Å². The molecule has 0 N–H and O–H groups in total. The Kier molecular flexibility index (Phi) is 4.32. The molecule has 0 fully saturated rings. The van der Waals surface area contributed by atoms with Crippen LogP contribution < -0.4 is 0 Å². The Bertz CT molecular complexity index is 800. The fraction of sp³-hybridized carbons (Fsp3) is 0.294. The first-order valence-electron chi connectivity index (χ1n) is 7.56. The fourth-order valence-electron chi connectivity index (χ4n) is 2.54. The summed E-state index contributed by atoms with van der Waals surface area (Å²) in [6.07, 6.45) is 5.30. The summed E-state index contributed by atoms with van der Waals surface area (Å²) >= 11 is 0. The van der Waals surface area contributed by atoms with Gasteiger partial charge in [-0.15, -0.1) is 0 Å². The molecule has 2 aromatic heterocycles. The summed E-state index contributed by atoms with van der Waals surface area (Å²) in [5.74, 6) is -0.0798. The minimum Gasteiger partial charge on any atom is -0.340 e. The second kappa shape index (κ2) is 6.56. The van der Waals surface area contributed by atoms with E-state index in [9.17, 15) is 4.79 Å². The highest BCUT2D eigenvalue weighted by molar-refractivity contribution is 5.78. The molecule has 1 atom stereocenters. The Morgan fingerprint density at radius 2 is 2.04 bits per heavy atom. The van der Waals surface area contributed by atoms with Gasteiger partial charge in [0.05, 0.1) is 41.9 Å². The van der Waals surface area contributed by atoms with Gasteiger partial charge >= 0.3 is 0 Å². The van der Waals surface area contributed by atoms with Crippen LogP contribution in [-0.2, 0) is 17.9 Å². The van der Waals surface area contributed by atoms with E-state index in [2.05, 4.69) is 15.1 Å². The molecule has 0 aliphatic heterocycles. The number of benzene rings is 1. The lowest BCUT2D eigenvalue weighted by atomic mass is 10.1. The van der Waals surface area contributed by atoms with Gasteiger partial charge in [-0.1, -0.05) is 19.1 Å². The van der Waals surface area contributed by atoms with Gasteiger partial charge in [-0.25, -0.2) is 4.98 Å². The summed E-state index contributed by atoms with van der Waals surface area (Å²) in [4.78, 5) is 23.1. The van der Waals surface area contributed by atoms with Gasteiger partial charge in [-0.2, -0.15) is 5.10 Å². The van der Waals surface area contributed by atoms with Crippen molar-refractivity contribution in [2.24, 2.45) is 5.92 Å². The number of para-hydroxylation sites is 2. The second-order valence-corrected chi connectivity index (χ2v) is 5.67. The lowest BCUT2D eigenvalue weighted by Crippen LogP contribution is -2.33. The van der Waals surface area contributed by atoms with Crippen molar-refractivity contribution in [2.45, 2.75) is 20.0 Å². The van der Waals surface area contributed by atoms with Crippen LogP contribution in [0.1, 0.15) is 12.6 Å². The first-order chi connectivity index (χ1) is 11.1. The van der Waals surface area contributed by atoms with Gasteiger partial charge in [0.15, 0.2) is 0 Å². The van der Waals surface area contributed by atoms with Crippen LogP contribution in [0.2, 0.25) is 0 Å². The molecule has 6 heteroatoms. The Hall–Kier alpha value is -2.76. The van der Waals surface area contributed by atoms with Gasteiger partial charge < -0.3 is 4.90 Å². The highest BCUT2D eigenvalue weighted by atomic mass is 16.2. The lowest BCUT2D eigenvalue weighted by molar-refractivity contribution is -0.134. The third kappa shape index (κ3) is 3.53.